The molecule has 38 heavy (non-hydrogen) atoms. The van der Waals surface area contributed by atoms with Crippen LogP contribution < -0.4 is 16.3 Å². The standard InChI is InChI=1S/C27H25ClN6O3S/c1-3-14-38(29,37)20-11-7-10-18-21(20)27(36)34(17-8-5-4-6-9-17)24(23(18)28)16(2)33-26-22-19(35)12-13-30-25(22)31-15-32-26/h4-13,15-16,29H,3,14H2,1-2H3,(H2,30,31,32,33,35)/t16-,38?/m0/s1. The van der Waals surface area contributed by atoms with Crippen LogP contribution in [-0.2, 0) is 9.73 Å². The van der Waals surface area contributed by atoms with E-state index in [-0.39, 0.29) is 31.9 Å². The maximum absolute atomic E-state index is 14.2. The lowest BCUT2D eigenvalue weighted by atomic mass is 10.1. The molecule has 0 saturated carbocycles. The van der Waals surface area contributed by atoms with E-state index in [0.29, 0.717) is 34.7 Å². The Bertz CT molecular complexity index is 1900. The molecular weight excluding hydrogens is 524 g/mol. The van der Waals surface area contributed by atoms with E-state index in [0.717, 1.165) is 0 Å². The molecule has 5 rings (SSSR count). The molecular formula is C27H25ClN6O3S. The molecule has 0 spiro atoms. The van der Waals surface area contributed by atoms with Crippen LogP contribution in [0.5, 0.6) is 0 Å². The summed E-state index contributed by atoms with van der Waals surface area (Å²) in [5.41, 5.74) is 0.662. The topological polar surface area (TPSA) is 134 Å². The number of nitrogens with one attached hydrogen (secondary N) is 3. The first kappa shape index (κ1) is 25.6. The van der Waals surface area contributed by atoms with Gasteiger partial charge in [-0.15, -0.1) is 0 Å². The van der Waals surface area contributed by atoms with Gasteiger partial charge < -0.3 is 10.3 Å². The SMILES string of the molecule is CCCS(=N)(=O)c1cccc2c(Cl)c([C@H](C)Nc3ncnc4[nH]ccc(=O)c34)n(-c3ccccc3)c(=O)c12. The van der Waals surface area contributed by atoms with E-state index in [2.05, 4.69) is 20.3 Å². The molecule has 0 radical (unpaired) electrons. The van der Waals surface area contributed by atoms with E-state index in [1.165, 1.54) is 23.2 Å². The largest absolute Gasteiger partial charge is 0.361 e. The van der Waals surface area contributed by atoms with Crippen LogP contribution in [0.3, 0.4) is 0 Å². The molecule has 9 nitrogen and oxygen atoms in total. The zero-order valence-electron chi connectivity index (χ0n) is 20.7. The van der Waals surface area contributed by atoms with Crippen molar-refractivity contribution in [3.8, 4) is 5.69 Å². The van der Waals surface area contributed by atoms with Gasteiger partial charge in [0.25, 0.3) is 5.56 Å². The van der Waals surface area contributed by atoms with E-state index in [9.17, 15) is 13.8 Å². The van der Waals surface area contributed by atoms with Gasteiger partial charge in [0.2, 0.25) is 0 Å². The van der Waals surface area contributed by atoms with Crippen molar-refractivity contribution in [1.82, 2.24) is 19.5 Å². The predicted octanol–water partition coefficient (Wildman–Crippen LogP) is 5.26. The van der Waals surface area contributed by atoms with Gasteiger partial charge in [0, 0.05) is 29.1 Å². The van der Waals surface area contributed by atoms with E-state index in [1.54, 1.807) is 42.5 Å². The molecule has 2 atom stereocenters. The number of hydrogen-bond donors (Lipinski definition) is 3. The molecule has 3 heterocycles. The van der Waals surface area contributed by atoms with Crippen molar-refractivity contribution in [2.45, 2.75) is 31.2 Å². The quantitative estimate of drug-likeness (QED) is 0.254. The van der Waals surface area contributed by atoms with Crippen molar-refractivity contribution < 1.29 is 4.21 Å². The molecule has 2 aromatic carbocycles. The van der Waals surface area contributed by atoms with Crippen molar-refractivity contribution in [3.05, 3.63) is 98.4 Å². The molecule has 5 aromatic rings. The number of fused-ring (bicyclic) bond motifs is 2. The predicted molar refractivity (Wildman–Crippen MR) is 151 cm³/mol. The number of rotatable bonds is 7. The Labute approximate surface area is 223 Å². The van der Waals surface area contributed by atoms with Crippen molar-refractivity contribution in [2.75, 3.05) is 11.1 Å². The number of aromatic amines is 1. The first-order chi connectivity index (χ1) is 18.2. The van der Waals surface area contributed by atoms with Gasteiger partial charge in [-0.3, -0.25) is 14.2 Å². The van der Waals surface area contributed by atoms with Crippen LogP contribution in [0.1, 0.15) is 32.0 Å². The van der Waals surface area contributed by atoms with E-state index >= 15 is 0 Å². The molecule has 11 heteroatoms. The molecule has 1 unspecified atom stereocenters. The second-order valence-corrected chi connectivity index (χ2v) is 11.5. The number of H-pyrrole nitrogens is 1. The lowest BCUT2D eigenvalue weighted by Gasteiger charge is -2.24. The third kappa shape index (κ3) is 4.35. The Kier molecular flexibility index (Phi) is 6.77. The van der Waals surface area contributed by atoms with Gasteiger partial charge in [-0.2, -0.15) is 0 Å². The van der Waals surface area contributed by atoms with Crippen LogP contribution >= 0.6 is 11.6 Å². The molecule has 0 aliphatic rings. The summed E-state index contributed by atoms with van der Waals surface area (Å²) >= 11 is 7.02. The van der Waals surface area contributed by atoms with E-state index < -0.39 is 21.3 Å². The van der Waals surface area contributed by atoms with Crippen LogP contribution in [0.4, 0.5) is 5.82 Å². The Balaban J connectivity index is 1.80. The van der Waals surface area contributed by atoms with E-state index in [1.807, 2.05) is 19.9 Å². The van der Waals surface area contributed by atoms with Crippen LogP contribution in [-0.4, -0.2) is 29.5 Å². The lowest BCUT2D eigenvalue weighted by Crippen LogP contribution is -2.27. The second kappa shape index (κ2) is 10.0. The summed E-state index contributed by atoms with van der Waals surface area (Å²) in [6, 6.07) is 14.7. The van der Waals surface area contributed by atoms with Gasteiger partial charge in [0.05, 0.1) is 36.8 Å². The van der Waals surface area contributed by atoms with Crippen molar-refractivity contribution in [2.24, 2.45) is 0 Å². The maximum atomic E-state index is 14.2. The normalized spacial score (nSPS) is 13.9. The molecule has 0 fully saturated rings. The highest BCUT2D eigenvalue weighted by atomic mass is 35.5. The molecule has 0 aliphatic heterocycles. The van der Waals surface area contributed by atoms with Gasteiger partial charge in [-0.1, -0.05) is 48.9 Å². The number of benzene rings is 2. The van der Waals surface area contributed by atoms with Crippen molar-refractivity contribution >= 4 is 49.0 Å². The van der Waals surface area contributed by atoms with Gasteiger partial charge in [0.1, 0.15) is 23.2 Å². The molecule has 3 aromatic heterocycles. The number of aromatic nitrogens is 4. The van der Waals surface area contributed by atoms with Gasteiger partial charge >= 0.3 is 0 Å². The zero-order valence-corrected chi connectivity index (χ0v) is 22.3. The summed E-state index contributed by atoms with van der Waals surface area (Å²) in [4.78, 5) is 38.3. The Hall–Kier alpha value is -4.02. The minimum atomic E-state index is -3.23. The van der Waals surface area contributed by atoms with Gasteiger partial charge in [0.15, 0.2) is 5.43 Å². The number of hydrogen-bond acceptors (Lipinski definition) is 7. The lowest BCUT2D eigenvalue weighted by molar-refractivity contribution is 0.673. The summed E-state index contributed by atoms with van der Waals surface area (Å²) in [7, 11) is -3.23. The van der Waals surface area contributed by atoms with Crippen molar-refractivity contribution in [3.63, 3.8) is 0 Å². The van der Waals surface area contributed by atoms with E-state index in [4.69, 9.17) is 16.4 Å². The fourth-order valence-electron chi connectivity index (χ4n) is 4.67. The van der Waals surface area contributed by atoms with Crippen LogP contribution in [0.25, 0.3) is 27.5 Å². The summed E-state index contributed by atoms with van der Waals surface area (Å²) in [5.74, 6) is 0.419. The minimum Gasteiger partial charge on any atom is -0.361 e. The Morgan fingerprint density at radius 3 is 2.58 bits per heavy atom. The third-order valence-electron chi connectivity index (χ3n) is 6.32. The first-order valence-electron chi connectivity index (χ1n) is 12.0. The average Bonchev–Trinajstić information content (AvgIpc) is 2.90. The monoisotopic (exact) mass is 548 g/mol. The molecule has 0 bridgehead atoms. The summed E-state index contributed by atoms with van der Waals surface area (Å²) in [6.45, 7) is 3.66. The number of pyridine rings is 2. The highest BCUT2D eigenvalue weighted by Gasteiger charge is 2.26. The molecule has 194 valence electrons. The summed E-state index contributed by atoms with van der Waals surface area (Å²) in [6.07, 6.45) is 3.38. The van der Waals surface area contributed by atoms with Crippen LogP contribution in [0, 0.1) is 4.78 Å². The number of anilines is 1. The zero-order chi connectivity index (χ0) is 27.0. The third-order valence-corrected chi connectivity index (χ3v) is 8.75. The van der Waals surface area contributed by atoms with Gasteiger partial charge in [-0.25, -0.2) is 19.0 Å². The number of halogens is 1. The number of nitrogens with zero attached hydrogens (tertiary/aromatic N) is 3. The minimum absolute atomic E-state index is 0.129. The van der Waals surface area contributed by atoms with Gasteiger partial charge in [-0.05, 0) is 31.5 Å². The fourth-order valence-corrected chi connectivity index (χ4v) is 6.70. The smallest absolute Gasteiger partial charge is 0.264 e. The number of para-hydroxylation sites is 1. The second-order valence-electron chi connectivity index (χ2n) is 8.89. The molecule has 0 saturated heterocycles. The Morgan fingerprint density at radius 2 is 1.84 bits per heavy atom. The maximum Gasteiger partial charge on any atom is 0.264 e. The fraction of sp³-hybridized carbons (Fsp3) is 0.185. The Morgan fingerprint density at radius 1 is 1.08 bits per heavy atom. The van der Waals surface area contributed by atoms with Crippen LogP contribution in [0.15, 0.2) is 81.6 Å². The first-order valence-corrected chi connectivity index (χ1v) is 14.1. The highest BCUT2D eigenvalue weighted by molar-refractivity contribution is 7.92. The average molecular weight is 549 g/mol. The summed E-state index contributed by atoms with van der Waals surface area (Å²) in [5, 5.41) is 4.36. The molecule has 0 amide bonds. The van der Waals surface area contributed by atoms with Crippen molar-refractivity contribution in [1.29, 1.82) is 4.78 Å². The van der Waals surface area contributed by atoms with Crippen LogP contribution in [0.2, 0.25) is 5.02 Å². The highest BCUT2D eigenvalue weighted by Crippen LogP contribution is 2.35. The summed E-state index contributed by atoms with van der Waals surface area (Å²) < 4.78 is 23.4. The molecule has 3 N–H and O–H groups in total. The molecule has 0 aliphatic carbocycles.